The molecule has 0 fully saturated rings. The van der Waals surface area contributed by atoms with Crippen LogP contribution in [0.15, 0.2) is 0 Å². The molecule has 114 valence electrons. The third-order valence-corrected chi connectivity index (χ3v) is 3.67. The number of carbonyl (C=O) groups is 1. The molecule has 0 aliphatic rings. The molecule has 1 unspecified atom stereocenters. The van der Waals surface area contributed by atoms with Gasteiger partial charge in [-0.3, -0.25) is 4.79 Å². The summed E-state index contributed by atoms with van der Waals surface area (Å²) in [5.41, 5.74) is 5.54. The van der Waals surface area contributed by atoms with E-state index in [1.807, 2.05) is 0 Å². The number of hydrogen-bond donors (Lipinski definition) is 1. The van der Waals surface area contributed by atoms with Crippen molar-refractivity contribution in [3.05, 3.63) is 0 Å². The van der Waals surface area contributed by atoms with Crippen LogP contribution in [0.2, 0.25) is 0 Å². The van der Waals surface area contributed by atoms with Crippen LogP contribution in [0.5, 0.6) is 0 Å². The van der Waals surface area contributed by atoms with Crippen molar-refractivity contribution in [3.63, 3.8) is 0 Å². The lowest BCUT2D eigenvalue weighted by Crippen LogP contribution is -2.12. The van der Waals surface area contributed by atoms with Gasteiger partial charge >= 0.3 is 5.97 Å². The van der Waals surface area contributed by atoms with Crippen molar-refractivity contribution in [1.82, 2.24) is 0 Å². The number of nitrogens with two attached hydrogens (primary N) is 1. The SMILES string of the molecule is CCCCCCCCOC(=O)CCC(CC)CCN. The number of unbranched alkanes of at least 4 members (excludes halogenated alkanes) is 5. The maximum atomic E-state index is 11.5. The molecule has 0 saturated heterocycles. The summed E-state index contributed by atoms with van der Waals surface area (Å²) >= 11 is 0. The first kappa shape index (κ1) is 18.4. The molecule has 19 heavy (non-hydrogen) atoms. The van der Waals surface area contributed by atoms with Crippen LogP contribution in [0, 0.1) is 5.92 Å². The number of ether oxygens (including phenoxy) is 1. The molecule has 1 atom stereocenters. The lowest BCUT2D eigenvalue weighted by Gasteiger charge is -2.12. The third kappa shape index (κ3) is 12.2. The summed E-state index contributed by atoms with van der Waals surface area (Å²) in [6.45, 7) is 5.68. The van der Waals surface area contributed by atoms with Crippen molar-refractivity contribution in [1.29, 1.82) is 0 Å². The first-order valence-electron chi connectivity index (χ1n) is 8.10. The molecular weight excluding hydrogens is 238 g/mol. The molecule has 0 amide bonds. The fraction of sp³-hybridized carbons (Fsp3) is 0.938. The Hall–Kier alpha value is -0.570. The van der Waals surface area contributed by atoms with E-state index in [1.54, 1.807) is 0 Å². The topological polar surface area (TPSA) is 52.3 Å². The maximum Gasteiger partial charge on any atom is 0.305 e. The zero-order valence-corrected chi connectivity index (χ0v) is 13.0. The molecule has 0 spiro atoms. The Balaban J connectivity index is 3.38. The fourth-order valence-electron chi connectivity index (χ4n) is 2.25. The Morgan fingerprint density at radius 1 is 1.05 bits per heavy atom. The molecule has 0 aromatic heterocycles. The zero-order valence-electron chi connectivity index (χ0n) is 13.0. The van der Waals surface area contributed by atoms with Crippen LogP contribution in [0.4, 0.5) is 0 Å². The van der Waals surface area contributed by atoms with E-state index in [4.69, 9.17) is 10.5 Å². The summed E-state index contributed by atoms with van der Waals surface area (Å²) in [6, 6.07) is 0. The van der Waals surface area contributed by atoms with E-state index in [9.17, 15) is 4.79 Å². The van der Waals surface area contributed by atoms with Gasteiger partial charge in [0.2, 0.25) is 0 Å². The second-order valence-corrected chi connectivity index (χ2v) is 5.38. The lowest BCUT2D eigenvalue weighted by atomic mass is 9.97. The summed E-state index contributed by atoms with van der Waals surface area (Å²) in [5, 5.41) is 0. The Bertz CT molecular complexity index is 207. The highest BCUT2D eigenvalue weighted by Gasteiger charge is 2.09. The van der Waals surface area contributed by atoms with Crippen molar-refractivity contribution in [3.8, 4) is 0 Å². The van der Waals surface area contributed by atoms with Gasteiger partial charge in [-0.05, 0) is 31.7 Å². The normalized spacial score (nSPS) is 12.4. The van der Waals surface area contributed by atoms with Crippen LogP contribution in [-0.2, 0) is 9.53 Å². The van der Waals surface area contributed by atoms with Crippen molar-refractivity contribution < 1.29 is 9.53 Å². The van der Waals surface area contributed by atoms with Crippen molar-refractivity contribution in [2.24, 2.45) is 11.7 Å². The quantitative estimate of drug-likeness (QED) is 0.406. The van der Waals surface area contributed by atoms with Gasteiger partial charge in [0.1, 0.15) is 0 Å². The van der Waals surface area contributed by atoms with Crippen LogP contribution >= 0.6 is 0 Å². The average molecular weight is 271 g/mol. The second-order valence-electron chi connectivity index (χ2n) is 5.38. The van der Waals surface area contributed by atoms with E-state index in [0.29, 0.717) is 25.5 Å². The minimum atomic E-state index is -0.0379. The fourth-order valence-corrected chi connectivity index (χ4v) is 2.25. The predicted octanol–water partition coefficient (Wildman–Crippen LogP) is 4.05. The van der Waals surface area contributed by atoms with Gasteiger partial charge < -0.3 is 10.5 Å². The molecular formula is C16H33NO2. The highest BCUT2D eigenvalue weighted by atomic mass is 16.5. The molecule has 0 rings (SSSR count). The van der Waals surface area contributed by atoms with E-state index in [-0.39, 0.29) is 5.97 Å². The Morgan fingerprint density at radius 2 is 1.74 bits per heavy atom. The van der Waals surface area contributed by atoms with Gasteiger partial charge in [0.05, 0.1) is 6.61 Å². The number of carbonyl (C=O) groups excluding carboxylic acids is 1. The summed E-state index contributed by atoms with van der Waals surface area (Å²) in [6.07, 6.45) is 10.9. The summed E-state index contributed by atoms with van der Waals surface area (Å²) in [5.74, 6) is 0.538. The number of esters is 1. The van der Waals surface area contributed by atoms with Crippen LogP contribution in [0.1, 0.15) is 78.1 Å². The van der Waals surface area contributed by atoms with E-state index in [0.717, 1.165) is 25.7 Å². The van der Waals surface area contributed by atoms with Gasteiger partial charge in [-0.1, -0.05) is 52.4 Å². The van der Waals surface area contributed by atoms with Gasteiger partial charge in [-0.15, -0.1) is 0 Å². The standard InChI is InChI=1S/C16H33NO2/c1-3-5-6-7-8-9-14-19-16(18)11-10-15(4-2)12-13-17/h15H,3-14,17H2,1-2H3. The highest BCUT2D eigenvalue weighted by molar-refractivity contribution is 5.69. The largest absolute Gasteiger partial charge is 0.466 e. The third-order valence-electron chi connectivity index (χ3n) is 3.67. The van der Waals surface area contributed by atoms with Crippen LogP contribution < -0.4 is 5.73 Å². The van der Waals surface area contributed by atoms with E-state index in [1.165, 1.54) is 32.1 Å². The van der Waals surface area contributed by atoms with Crippen molar-refractivity contribution >= 4 is 5.97 Å². The molecule has 0 aliphatic heterocycles. The van der Waals surface area contributed by atoms with Gasteiger partial charge in [-0.2, -0.15) is 0 Å². The zero-order chi connectivity index (χ0) is 14.3. The summed E-state index contributed by atoms with van der Waals surface area (Å²) in [7, 11) is 0. The minimum absolute atomic E-state index is 0.0379. The molecule has 0 saturated carbocycles. The number of rotatable bonds is 13. The molecule has 3 nitrogen and oxygen atoms in total. The van der Waals surface area contributed by atoms with Crippen LogP contribution in [0.25, 0.3) is 0 Å². The average Bonchev–Trinajstić information content (AvgIpc) is 2.42. The molecule has 0 radical (unpaired) electrons. The summed E-state index contributed by atoms with van der Waals surface area (Å²) < 4.78 is 5.25. The van der Waals surface area contributed by atoms with E-state index in [2.05, 4.69) is 13.8 Å². The Morgan fingerprint density at radius 3 is 2.37 bits per heavy atom. The smallest absolute Gasteiger partial charge is 0.305 e. The van der Waals surface area contributed by atoms with Crippen LogP contribution in [-0.4, -0.2) is 19.1 Å². The highest BCUT2D eigenvalue weighted by Crippen LogP contribution is 2.15. The van der Waals surface area contributed by atoms with Crippen molar-refractivity contribution in [2.75, 3.05) is 13.2 Å². The molecule has 0 aromatic carbocycles. The monoisotopic (exact) mass is 271 g/mol. The Labute approximate surface area is 119 Å². The van der Waals surface area contributed by atoms with Gasteiger partial charge in [0.25, 0.3) is 0 Å². The van der Waals surface area contributed by atoms with Gasteiger partial charge in [0, 0.05) is 6.42 Å². The minimum Gasteiger partial charge on any atom is -0.466 e. The summed E-state index contributed by atoms with van der Waals surface area (Å²) in [4.78, 5) is 11.5. The molecule has 0 aliphatic carbocycles. The second kappa shape index (κ2) is 13.9. The Kier molecular flexibility index (Phi) is 13.4. The van der Waals surface area contributed by atoms with Crippen molar-refractivity contribution in [2.45, 2.75) is 78.1 Å². The molecule has 0 heterocycles. The predicted molar refractivity (Wildman–Crippen MR) is 81.0 cm³/mol. The first-order valence-corrected chi connectivity index (χ1v) is 8.10. The molecule has 0 aromatic rings. The van der Waals surface area contributed by atoms with Gasteiger partial charge in [0.15, 0.2) is 0 Å². The van der Waals surface area contributed by atoms with Gasteiger partial charge in [-0.25, -0.2) is 0 Å². The molecule has 2 N–H and O–H groups in total. The van der Waals surface area contributed by atoms with E-state index < -0.39 is 0 Å². The van der Waals surface area contributed by atoms with Crippen LogP contribution in [0.3, 0.4) is 0 Å². The first-order chi connectivity index (χ1) is 9.24. The molecule has 0 bridgehead atoms. The maximum absolute atomic E-state index is 11.5. The number of hydrogen-bond acceptors (Lipinski definition) is 3. The lowest BCUT2D eigenvalue weighted by molar-refractivity contribution is -0.144. The van der Waals surface area contributed by atoms with E-state index >= 15 is 0 Å². The molecule has 3 heteroatoms.